The largest absolute Gasteiger partial charge is 0.377 e. The van der Waals surface area contributed by atoms with E-state index in [9.17, 15) is 9.59 Å². The summed E-state index contributed by atoms with van der Waals surface area (Å²) in [6, 6.07) is 3.69. The molecule has 0 spiro atoms. The summed E-state index contributed by atoms with van der Waals surface area (Å²) in [7, 11) is 0. The van der Waals surface area contributed by atoms with Crippen LogP contribution in [-0.2, 0) is 20.9 Å². The minimum Gasteiger partial charge on any atom is -0.377 e. The third kappa shape index (κ3) is 3.65. The van der Waals surface area contributed by atoms with Crippen molar-refractivity contribution in [2.75, 3.05) is 19.8 Å². The lowest BCUT2D eigenvalue weighted by atomic mass is 10.00. The lowest BCUT2D eigenvalue weighted by molar-refractivity contribution is -0.147. The number of hydrogen-bond donors (Lipinski definition) is 1. The van der Waals surface area contributed by atoms with Crippen LogP contribution >= 0.6 is 0 Å². The van der Waals surface area contributed by atoms with Gasteiger partial charge in [-0.25, -0.2) is 0 Å². The molecule has 0 saturated carbocycles. The van der Waals surface area contributed by atoms with Crippen molar-refractivity contribution in [1.82, 2.24) is 10.2 Å². The van der Waals surface area contributed by atoms with Gasteiger partial charge in [-0.3, -0.25) is 9.59 Å². The molecular weight excluding hydrogens is 280 g/mol. The molecule has 0 radical (unpaired) electrons. The highest BCUT2D eigenvalue weighted by molar-refractivity contribution is 5.87. The Morgan fingerprint density at radius 1 is 1.27 bits per heavy atom. The molecule has 0 aliphatic carbocycles. The van der Waals surface area contributed by atoms with Crippen molar-refractivity contribution in [2.45, 2.75) is 40.3 Å². The Morgan fingerprint density at radius 2 is 1.91 bits per heavy atom. The normalized spacial score (nSPS) is 18.2. The van der Waals surface area contributed by atoms with Crippen LogP contribution in [0.15, 0.2) is 12.1 Å². The number of rotatable bonds is 3. The Balaban J connectivity index is 2.05. The third-order valence-electron chi connectivity index (χ3n) is 4.12. The standard InChI is InChI=1S/C17H24N2O3/c1-11-7-12(2)15(13(3)8-11)9-18-17(21)16-10-22-6-5-19(16)14(4)20/h7-8,16H,5-6,9-10H2,1-4H3,(H,18,21)/t16-/m1/s1. The zero-order valence-electron chi connectivity index (χ0n) is 13.7. The van der Waals surface area contributed by atoms with Gasteiger partial charge in [0, 0.05) is 20.0 Å². The summed E-state index contributed by atoms with van der Waals surface area (Å²) in [6.45, 7) is 9.33. The SMILES string of the molecule is CC(=O)N1CCOC[C@@H]1C(=O)NCc1c(C)cc(C)cc1C. The van der Waals surface area contributed by atoms with Crippen LogP contribution in [0, 0.1) is 20.8 Å². The number of aryl methyl sites for hydroxylation is 3. The fourth-order valence-corrected chi connectivity index (χ4v) is 2.98. The quantitative estimate of drug-likeness (QED) is 0.920. The van der Waals surface area contributed by atoms with Gasteiger partial charge in [0.25, 0.3) is 0 Å². The Kier molecular flexibility index (Phi) is 5.19. The first-order valence-corrected chi connectivity index (χ1v) is 7.59. The first-order valence-electron chi connectivity index (χ1n) is 7.59. The molecule has 5 nitrogen and oxygen atoms in total. The van der Waals surface area contributed by atoms with Crippen LogP contribution < -0.4 is 5.32 Å². The number of amides is 2. The van der Waals surface area contributed by atoms with Gasteiger partial charge in [-0.2, -0.15) is 0 Å². The first kappa shape index (κ1) is 16.5. The molecule has 2 amide bonds. The molecular formula is C17H24N2O3. The van der Waals surface area contributed by atoms with Gasteiger partial charge >= 0.3 is 0 Å². The number of hydrogen-bond acceptors (Lipinski definition) is 3. The summed E-state index contributed by atoms with van der Waals surface area (Å²) < 4.78 is 5.34. The highest BCUT2D eigenvalue weighted by Gasteiger charge is 2.30. The molecule has 1 aliphatic rings. The number of carbonyl (C=O) groups excluding carboxylic acids is 2. The van der Waals surface area contributed by atoms with Crippen LogP contribution in [0.1, 0.15) is 29.2 Å². The van der Waals surface area contributed by atoms with E-state index in [4.69, 9.17) is 4.74 Å². The summed E-state index contributed by atoms with van der Waals surface area (Å²) >= 11 is 0. The van der Waals surface area contributed by atoms with Gasteiger partial charge < -0.3 is 15.0 Å². The second-order valence-corrected chi connectivity index (χ2v) is 5.90. The van der Waals surface area contributed by atoms with E-state index in [-0.39, 0.29) is 18.4 Å². The van der Waals surface area contributed by atoms with E-state index in [0.717, 1.165) is 5.56 Å². The van der Waals surface area contributed by atoms with Crippen molar-refractivity contribution >= 4 is 11.8 Å². The van der Waals surface area contributed by atoms with E-state index in [1.54, 1.807) is 4.90 Å². The molecule has 1 heterocycles. The van der Waals surface area contributed by atoms with Gasteiger partial charge in [0.15, 0.2) is 0 Å². The van der Waals surface area contributed by atoms with Crippen molar-refractivity contribution in [1.29, 1.82) is 0 Å². The fraction of sp³-hybridized carbons (Fsp3) is 0.529. The Hall–Kier alpha value is -1.88. The zero-order chi connectivity index (χ0) is 16.3. The van der Waals surface area contributed by atoms with Crippen molar-refractivity contribution in [3.05, 3.63) is 34.4 Å². The topological polar surface area (TPSA) is 58.6 Å². The van der Waals surface area contributed by atoms with E-state index < -0.39 is 6.04 Å². The maximum Gasteiger partial charge on any atom is 0.245 e. The van der Waals surface area contributed by atoms with Crippen LogP contribution in [0.2, 0.25) is 0 Å². The van der Waals surface area contributed by atoms with Crippen molar-refractivity contribution < 1.29 is 14.3 Å². The van der Waals surface area contributed by atoms with E-state index in [0.29, 0.717) is 19.7 Å². The number of carbonyl (C=O) groups is 2. The smallest absolute Gasteiger partial charge is 0.245 e. The van der Waals surface area contributed by atoms with Crippen LogP contribution in [0.4, 0.5) is 0 Å². The molecule has 1 aromatic rings. The van der Waals surface area contributed by atoms with Crippen molar-refractivity contribution in [3.63, 3.8) is 0 Å². The average molecular weight is 304 g/mol. The van der Waals surface area contributed by atoms with Crippen LogP contribution in [-0.4, -0.2) is 42.5 Å². The minimum absolute atomic E-state index is 0.0915. The maximum atomic E-state index is 12.4. The number of nitrogens with one attached hydrogen (secondary N) is 1. The van der Waals surface area contributed by atoms with E-state index in [1.165, 1.54) is 23.6 Å². The highest BCUT2D eigenvalue weighted by atomic mass is 16.5. The molecule has 22 heavy (non-hydrogen) atoms. The molecule has 1 aliphatic heterocycles. The van der Waals surface area contributed by atoms with Gasteiger partial charge in [-0.1, -0.05) is 17.7 Å². The molecule has 1 atom stereocenters. The predicted molar refractivity (Wildman–Crippen MR) is 84.5 cm³/mol. The zero-order valence-corrected chi connectivity index (χ0v) is 13.7. The lowest BCUT2D eigenvalue weighted by Crippen LogP contribution is -2.55. The first-order chi connectivity index (χ1) is 10.4. The summed E-state index contributed by atoms with van der Waals surface area (Å²) in [6.07, 6.45) is 0. The fourth-order valence-electron chi connectivity index (χ4n) is 2.98. The number of nitrogens with zero attached hydrogens (tertiary/aromatic N) is 1. The van der Waals surface area contributed by atoms with Crippen LogP contribution in [0.3, 0.4) is 0 Å². The number of morpholine rings is 1. The highest BCUT2D eigenvalue weighted by Crippen LogP contribution is 2.16. The Labute approximate surface area is 131 Å². The number of benzene rings is 1. The minimum atomic E-state index is -0.530. The van der Waals surface area contributed by atoms with Gasteiger partial charge in [0.2, 0.25) is 11.8 Å². The van der Waals surface area contributed by atoms with Gasteiger partial charge in [0.1, 0.15) is 6.04 Å². The summed E-state index contributed by atoms with van der Waals surface area (Å²) in [5.41, 5.74) is 4.68. The second kappa shape index (κ2) is 6.92. The average Bonchev–Trinajstić information content (AvgIpc) is 2.45. The van der Waals surface area contributed by atoms with Gasteiger partial charge in [-0.15, -0.1) is 0 Å². The monoisotopic (exact) mass is 304 g/mol. The van der Waals surface area contributed by atoms with Crippen molar-refractivity contribution in [2.24, 2.45) is 0 Å². The van der Waals surface area contributed by atoms with Crippen LogP contribution in [0.25, 0.3) is 0 Å². The van der Waals surface area contributed by atoms with E-state index in [2.05, 4.69) is 24.4 Å². The second-order valence-electron chi connectivity index (χ2n) is 5.90. The predicted octanol–water partition coefficient (Wildman–Crippen LogP) is 1.48. The van der Waals surface area contributed by atoms with Crippen molar-refractivity contribution in [3.8, 4) is 0 Å². The van der Waals surface area contributed by atoms with E-state index in [1.807, 2.05) is 13.8 Å². The molecule has 120 valence electrons. The van der Waals surface area contributed by atoms with Crippen LogP contribution in [0.5, 0.6) is 0 Å². The molecule has 1 aromatic carbocycles. The Bertz CT molecular complexity index is 560. The van der Waals surface area contributed by atoms with E-state index >= 15 is 0 Å². The Morgan fingerprint density at radius 3 is 2.50 bits per heavy atom. The molecule has 1 saturated heterocycles. The number of ether oxygens (including phenoxy) is 1. The molecule has 0 unspecified atom stereocenters. The lowest BCUT2D eigenvalue weighted by Gasteiger charge is -2.33. The molecule has 0 bridgehead atoms. The molecule has 0 aromatic heterocycles. The van der Waals surface area contributed by atoms with Gasteiger partial charge in [-0.05, 0) is 37.5 Å². The molecule has 2 rings (SSSR count). The molecule has 5 heteroatoms. The van der Waals surface area contributed by atoms with Gasteiger partial charge in [0.05, 0.1) is 13.2 Å². The summed E-state index contributed by atoms with van der Waals surface area (Å²) in [5.74, 6) is -0.250. The summed E-state index contributed by atoms with van der Waals surface area (Å²) in [4.78, 5) is 25.6. The maximum absolute atomic E-state index is 12.4. The third-order valence-corrected chi connectivity index (χ3v) is 4.12. The molecule has 1 fully saturated rings. The summed E-state index contributed by atoms with van der Waals surface area (Å²) in [5, 5.41) is 2.94. The molecule has 1 N–H and O–H groups in total.